The number of hydrogen-bond acceptors (Lipinski definition) is 6. The molecule has 0 bridgehead atoms. The molecular formula is C14H13F3N6O. The normalized spacial score (nSPS) is 15.1. The molecule has 0 aromatic carbocycles. The van der Waals surface area contributed by atoms with Crippen LogP contribution in [-0.2, 0) is 11.0 Å². The minimum atomic E-state index is -4.53. The Labute approximate surface area is 134 Å². The van der Waals surface area contributed by atoms with Crippen LogP contribution < -0.4 is 15.5 Å². The van der Waals surface area contributed by atoms with Crippen LogP contribution in [0.3, 0.4) is 0 Å². The van der Waals surface area contributed by atoms with Gasteiger partial charge in [-0.25, -0.2) is 15.0 Å². The van der Waals surface area contributed by atoms with Crippen molar-refractivity contribution in [1.82, 2.24) is 20.3 Å². The molecular weight excluding hydrogens is 325 g/mol. The molecule has 2 aromatic heterocycles. The minimum absolute atomic E-state index is 0.0809. The number of alkyl halides is 3. The first-order valence-corrected chi connectivity index (χ1v) is 7.07. The monoisotopic (exact) mass is 338 g/mol. The first kappa shape index (κ1) is 16.0. The summed E-state index contributed by atoms with van der Waals surface area (Å²) in [7, 11) is 0. The van der Waals surface area contributed by atoms with Crippen LogP contribution in [0.25, 0.3) is 0 Å². The lowest BCUT2D eigenvalue weighted by molar-refractivity contribution is -0.141. The Morgan fingerprint density at radius 3 is 2.71 bits per heavy atom. The number of halogens is 3. The highest BCUT2D eigenvalue weighted by molar-refractivity contribution is 5.82. The van der Waals surface area contributed by atoms with Gasteiger partial charge in [-0.1, -0.05) is 0 Å². The maximum atomic E-state index is 12.6. The van der Waals surface area contributed by atoms with Gasteiger partial charge in [-0.05, 0) is 18.2 Å². The second-order valence-corrected chi connectivity index (χ2v) is 5.06. The van der Waals surface area contributed by atoms with E-state index in [0.717, 1.165) is 12.3 Å². The highest BCUT2D eigenvalue weighted by Crippen LogP contribution is 2.28. The molecule has 0 saturated carbocycles. The molecule has 3 rings (SSSR count). The van der Waals surface area contributed by atoms with Crippen LogP contribution in [-0.4, -0.2) is 40.5 Å². The first-order valence-electron chi connectivity index (χ1n) is 7.07. The van der Waals surface area contributed by atoms with Crippen molar-refractivity contribution in [1.29, 1.82) is 0 Å². The quantitative estimate of drug-likeness (QED) is 0.884. The molecule has 2 aromatic rings. The number of anilines is 3. The van der Waals surface area contributed by atoms with Crippen molar-refractivity contribution >= 4 is 23.4 Å². The zero-order chi connectivity index (χ0) is 17.2. The van der Waals surface area contributed by atoms with E-state index in [1.165, 1.54) is 6.20 Å². The van der Waals surface area contributed by atoms with Crippen molar-refractivity contribution in [2.75, 3.05) is 29.9 Å². The van der Waals surface area contributed by atoms with E-state index >= 15 is 0 Å². The third-order valence-electron chi connectivity index (χ3n) is 3.31. The summed E-state index contributed by atoms with van der Waals surface area (Å²) in [5.74, 6) is 0.361. The van der Waals surface area contributed by atoms with Crippen LogP contribution in [0.2, 0.25) is 0 Å². The molecule has 1 aliphatic rings. The van der Waals surface area contributed by atoms with Crippen LogP contribution in [0.15, 0.2) is 30.6 Å². The highest BCUT2D eigenvalue weighted by Gasteiger charge is 2.32. The van der Waals surface area contributed by atoms with Crippen LogP contribution >= 0.6 is 0 Å². The number of piperazine rings is 1. The van der Waals surface area contributed by atoms with Crippen LogP contribution in [0, 0.1) is 0 Å². The third-order valence-corrected chi connectivity index (χ3v) is 3.31. The van der Waals surface area contributed by atoms with Gasteiger partial charge in [0, 0.05) is 19.3 Å². The fourth-order valence-corrected chi connectivity index (χ4v) is 2.19. The fourth-order valence-electron chi connectivity index (χ4n) is 2.19. The van der Waals surface area contributed by atoms with E-state index in [1.807, 2.05) is 4.90 Å². The average molecular weight is 338 g/mol. The second kappa shape index (κ2) is 6.30. The molecule has 0 unspecified atom stereocenters. The van der Waals surface area contributed by atoms with E-state index in [-0.39, 0.29) is 18.4 Å². The van der Waals surface area contributed by atoms with E-state index in [9.17, 15) is 18.0 Å². The van der Waals surface area contributed by atoms with Gasteiger partial charge < -0.3 is 15.5 Å². The standard InChI is InChI=1S/C14H13F3N6O/c15-14(16,17)10-3-4-19-13(22-10)21-9-1-2-11(20-7-9)23-6-5-18-12(24)8-23/h1-4,7H,5-6,8H2,(H,18,24)(H,19,21,22). The molecule has 1 aliphatic heterocycles. The molecule has 1 saturated heterocycles. The van der Waals surface area contributed by atoms with Crippen molar-refractivity contribution in [3.05, 3.63) is 36.3 Å². The summed E-state index contributed by atoms with van der Waals surface area (Å²) in [6.45, 7) is 1.40. The SMILES string of the molecule is O=C1CN(c2ccc(Nc3nccc(C(F)(F)F)n3)cn2)CCN1. The van der Waals surface area contributed by atoms with Crippen molar-refractivity contribution in [3.63, 3.8) is 0 Å². The number of carbonyl (C=O) groups is 1. The maximum absolute atomic E-state index is 12.6. The topological polar surface area (TPSA) is 83.0 Å². The summed E-state index contributed by atoms with van der Waals surface area (Å²) >= 11 is 0. The third kappa shape index (κ3) is 3.70. The Balaban J connectivity index is 1.71. The first-order chi connectivity index (χ1) is 11.4. The number of amides is 1. The van der Waals surface area contributed by atoms with Gasteiger partial charge in [0.25, 0.3) is 0 Å². The molecule has 7 nitrogen and oxygen atoms in total. The summed E-state index contributed by atoms with van der Waals surface area (Å²) in [5.41, 5.74) is -0.580. The molecule has 24 heavy (non-hydrogen) atoms. The molecule has 1 fully saturated rings. The Morgan fingerprint density at radius 2 is 2.04 bits per heavy atom. The number of carbonyl (C=O) groups excluding carboxylic acids is 1. The van der Waals surface area contributed by atoms with Gasteiger partial charge in [-0.2, -0.15) is 13.2 Å². The number of nitrogens with zero attached hydrogens (tertiary/aromatic N) is 4. The van der Waals surface area contributed by atoms with Gasteiger partial charge in [0.05, 0.1) is 18.4 Å². The predicted molar refractivity (Wildman–Crippen MR) is 79.8 cm³/mol. The Hall–Kier alpha value is -2.91. The molecule has 0 aliphatic carbocycles. The second-order valence-electron chi connectivity index (χ2n) is 5.06. The molecule has 1 amide bonds. The Kier molecular flexibility index (Phi) is 4.19. The molecule has 10 heteroatoms. The van der Waals surface area contributed by atoms with Gasteiger partial charge in [-0.3, -0.25) is 4.79 Å². The highest BCUT2D eigenvalue weighted by atomic mass is 19.4. The van der Waals surface area contributed by atoms with Crippen LogP contribution in [0.1, 0.15) is 5.69 Å². The lowest BCUT2D eigenvalue weighted by Crippen LogP contribution is -2.48. The van der Waals surface area contributed by atoms with E-state index < -0.39 is 11.9 Å². The summed E-state index contributed by atoms with van der Waals surface area (Å²) in [5, 5.41) is 5.39. The zero-order valence-electron chi connectivity index (χ0n) is 12.3. The lowest BCUT2D eigenvalue weighted by atomic mass is 10.3. The van der Waals surface area contributed by atoms with Gasteiger partial charge in [0.1, 0.15) is 11.5 Å². The number of aromatic nitrogens is 3. The smallest absolute Gasteiger partial charge is 0.353 e. The number of rotatable bonds is 3. The maximum Gasteiger partial charge on any atom is 0.433 e. The van der Waals surface area contributed by atoms with Gasteiger partial charge in [0.15, 0.2) is 0 Å². The van der Waals surface area contributed by atoms with Gasteiger partial charge in [-0.15, -0.1) is 0 Å². The zero-order valence-corrected chi connectivity index (χ0v) is 12.3. The lowest BCUT2D eigenvalue weighted by Gasteiger charge is -2.27. The van der Waals surface area contributed by atoms with Crippen molar-refractivity contribution < 1.29 is 18.0 Å². The van der Waals surface area contributed by atoms with E-state index in [4.69, 9.17) is 0 Å². The fraction of sp³-hybridized carbons (Fsp3) is 0.286. The minimum Gasteiger partial charge on any atom is -0.353 e. The molecule has 126 valence electrons. The van der Waals surface area contributed by atoms with Crippen molar-refractivity contribution in [3.8, 4) is 0 Å². The van der Waals surface area contributed by atoms with Crippen molar-refractivity contribution in [2.45, 2.75) is 6.18 Å². The molecule has 0 atom stereocenters. The number of nitrogens with one attached hydrogen (secondary N) is 2. The Morgan fingerprint density at radius 1 is 1.21 bits per heavy atom. The van der Waals surface area contributed by atoms with Crippen LogP contribution in [0.4, 0.5) is 30.6 Å². The van der Waals surface area contributed by atoms with E-state index in [1.54, 1.807) is 12.1 Å². The predicted octanol–water partition coefficient (Wildman–Crippen LogP) is 1.57. The number of hydrogen-bond donors (Lipinski definition) is 2. The average Bonchev–Trinajstić information content (AvgIpc) is 2.55. The summed E-state index contributed by atoms with van der Waals surface area (Å²) < 4.78 is 37.9. The largest absolute Gasteiger partial charge is 0.433 e. The summed E-state index contributed by atoms with van der Waals surface area (Å²) in [6, 6.07) is 4.11. The molecule has 3 heterocycles. The van der Waals surface area contributed by atoms with Gasteiger partial charge in [0.2, 0.25) is 11.9 Å². The van der Waals surface area contributed by atoms with Crippen molar-refractivity contribution in [2.24, 2.45) is 0 Å². The van der Waals surface area contributed by atoms with E-state index in [2.05, 4.69) is 25.6 Å². The summed E-state index contributed by atoms with van der Waals surface area (Å²) in [6.07, 6.45) is -2.05. The molecule has 0 spiro atoms. The van der Waals surface area contributed by atoms with Gasteiger partial charge >= 0.3 is 6.18 Å². The van der Waals surface area contributed by atoms with Crippen LogP contribution in [0.5, 0.6) is 0 Å². The molecule has 0 radical (unpaired) electrons. The Bertz CT molecular complexity index is 734. The molecule has 2 N–H and O–H groups in total. The van der Waals surface area contributed by atoms with E-state index in [0.29, 0.717) is 24.6 Å². The number of pyridine rings is 1. The summed E-state index contributed by atoms with van der Waals surface area (Å²) in [4.78, 5) is 24.6.